The molecule has 0 radical (unpaired) electrons. The predicted molar refractivity (Wildman–Crippen MR) is 84.4 cm³/mol. The second-order valence-electron chi connectivity index (χ2n) is 4.65. The summed E-state index contributed by atoms with van der Waals surface area (Å²) in [6.07, 6.45) is 1.72. The average Bonchev–Trinajstić information content (AvgIpc) is 2.53. The molecule has 1 N–H and O–H groups in total. The molecule has 0 aliphatic heterocycles. The molecule has 3 aromatic rings. The van der Waals surface area contributed by atoms with Gasteiger partial charge in [-0.3, -0.25) is 9.78 Å². The van der Waals surface area contributed by atoms with Crippen LogP contribution < -0.4 is 5.32 Å². The fraction of sp³-hybridized carbons (Fsp3) is 0.0588. The van der Waals surface area contributed by atoms with Crippen molar-refractivity contribution in [1.82, 2.24) is 10.3 Å². The molecule has 0 aliphatic carbocycles. The number of benzene rings is 2. The van der Waals surface area contributed by atoms with Crippen LogP contribution in [-0.2, 0) is 6.54 Å². The van der Waals surface area contributed by atoms with Gasteiger partial charge in [0.15, 0.2) is 0 Å². The van der Waals surface area contributed by atoms with Crippen LogP contribution in [-0.4, -0.2) is 10.9 Å². The predicted octanol–water partition coefficient (Wildman–Crippen LogP) is 3.82. The lowest BCUT2D eigenvalue weighted by molar-refractivity contribution is 0.0952. The van der Waals surface area contributed by atoms with Gasteiger partial charge in [-0.1, -0.05) is 41.9 Å². The van der Waals surface area contributed by atoms with Gasteiger partial charge in [0.1, 0.15) is 0 Å². The van der Waals surface area contributed by atoms with E-state index in [4.69, 9.17) is 11.6 Å². The maximum Gasteiger partial charge on any atom is 0.252 e. The van der Waals surface area contributed by atoms with Gasteiger partial charge in [0.05, 0.1) is 5.52 Å². The van der Waals surface area contributed by atoms with E-state index in [0.29, 0.717) is 17.1 Å². The summed E-state index contributed by atoms with van der Waals surface area (Å²) in [5.74, 6) is -0.131. The molecule has 0 bridgehead atoms. The Morgan fingerprint density at radius 2 is 1.90 bits per heavy atom. The zero-order valence-corrected chi connectivity index (χ0v) is 12.0. The first-order valence-electron chi connectivity index (χ1n) is 6.61. The molecular formula is C17H13ClN2O. The van der Waals surface area contributed by atoms with Crippen LogP contribution in [0.5, 0.6) is 0 Å². The molecule has 4 heteroatoms. The minimum absolute atomic E-state index is 0.131. The van der Waals surface area contributed by atoms with E-state index in [9.17, 15) is 4.79 Å². The van der Waals surface area contributed by atoms with Crippen molar-refractivity contribution in [2.75, 3.05) is 0 Å². The van der Waals surface area contributed by atoms with Crippen LogP contribution in [0, 0.1) is 0 Å². The van der Waals surface area contributed by atoms with Gasteiger partial charge in [0.2, 0.25) is 0 Å². The number of carbonyl (C=O) groups is 1. The summed E-state index contributed by atoms with van der Waals surface area (Å²) in [5.41, 5.74) is 2.32. The number of aromatic nitrogens is 1. The monoisotopic (exact) mass is 296 g/mol. The normalized spacial score (nSPS) is 10.5. The van der Waals surface area contributed by atoms with Crippen molar-refractivity contribution in [2.45, 2.75) is 6.54 Å². The van der Waals surface area contributed by atoms with Crippen LogP contribution in [0.1, 0.15) is 15.9 Å². The van der Waals surface area contributed by atoms with Gasteiger partial charge in [0.25, 0.3) is 5.91 Å². The molecule has 0 unspecified atom stereocenters. The number of nitrogens with one attached hydrogen (secondary N) is 1. The van der Waals surface area contributed by atoms with Crippen molar-refractivity contribution < 1.29 is 4.79 Å². The average molecular weight is 297 g/mol. The zero-order valence-electron chi connectivity index (χ0n) is 11.2. The first-order valence-corrected chi connectivity index (χ1v) is 6.99. The number of amides is 1. The second-order valence-corrected chi connectivity index (χ2v) is 5.06. The van der Waals surface area contributed by atoms with Crippen LogP contribution in [0.4, 0.5) is 0 Å². The smallest absolute Gasteiger partial charge is 0.252 e. The SMILES string of the molecule is O=C(NCc1ccccc1Cl)c1cccc2ncccc12. The Morgan fingerprint density at radius 3 is 2.76 bits per heavy atom. The number of rotatable bonds is 3. The zero-order chi connectivity index (χ0) is 14.7. The third kappa shape index (κ3) is 2.88. The van der Waals surface area contributed by atoms with Gasteiger partial charge in [-0.05, 0) is 29.8 Å². The van der Waals surface area contributed by atoms with Gasteiger partial charge >= 0.3 is 0 Å². The molecule has 2 aromatic carbocycles. The number of fused-ring (bicyclic) bond motifs is 1. The van der Waals surface area contributed by atoms with E-state index in [1.807, 2.05) is 48.5 Å². The van der Waals surface area contributed by atoms with Crippen LogP contribution in [0.2, 0.25) is 5.02 Å². The summed E-state index contributed by atoms with van der Waals surface area (Å²) in [5, 5.41) is 4.39. The summed E-state index contributed by atoms with van der Waals surface area (Å²) in [4.78, 5) is 16.6. The Balaban J connectivity index is 1.83. The lowest BCUT2D eigenvalue weighted by atomic mass is 10.1. The Bertz CT molecular complexity index is 796. The second kappa shape index (κ2) is 5.94. The number of nitrogens with zero attached hydrogens (tertiary/aromatic N) is 1. The molecule has 1 aromatic heterocycles. The van der Waals surface area contributed by atoms with Crippen molar-refractivity contribution in [2.24, 2.45) is 0 Å². The van der Waals surface area contributed by atoms with Crippen molar-refractivity contribution in [1.29, 1.82) is 0 Å². The maximum atomic E-state index is 12.4. The first-order chi connectivity index (χ1) is 10.3. The molecule has 104 valence electrons. The van der Waals surface area contributed by atoms with Crippen LogP contribution in [0.15, 0.2) is 60.8 Å². The summed E-state index contributed by atoms with van der Waals surface area (Å²) in [6, 6.07) is 16.7. The Kier molecular flexibility index (Phi) is 3.84. The number of pyridine rings is 1. The highest BCUT2D eigenvalue weighted by Gasteiger charge is 2.10. The van der Waals surface area contributed by atoms with Gasteiger partial charge in [-0.15, -0.1) is 0 Å². The molecule has 0 saturated carbocycles. The van der Waals surface area contributed by atoms with E-state index in [1.54, 1.807) is 12.3 Å². The van der Waals surface area contributed by atoms with Crippen molar-refractivity contribution >= 4 is 28.4 Å². The molecule has 1 heterocycles. The van der Waals surface area contributed by atoms with Gasteiger partial charge in [-0.2, -0.15) is 0 Å². The van der Waals surface area contributed by atoms with Gasteiger partial charge in [0, 0.05) is 28.7 Å². The molecule has 0 atom stereocenters. The standard InChI is InChI=1S/C17H13ClN2O/c18-15-8-2-1-5-12(15)11-20-17(21)14-6-3-9-16-13(14)7-4-10-19-16/h1-10H,11H2,(H,20,21). The molecule has 1 amide bonds. The number of hydrogen-bond acceptors (Lipinski definition) is 2. The van der Waals surface area contributed by atoms with E-state index < -0.39 is 0 Å². The highest BCUT2D eigenvalue weighted by atomic mass is 35.5. The van der Waals surface area contributed by atoms with E-state index in [0.717, 1.165) is 16.5 Å². The minimum atomic E-state index is -0.131. The van der Waals surface area contributed by atoms with Crippen LogP contribution >= 0.6 is 11.6 Å². The summed E-state index contributed by atoms with van der Waals surface area (Å²) in [7, 11) is 0. The van der Waals surface area contributed by atoms with Crippen molar-refractivity contribution in [3.05, 3.63) is 76.9 Å². The quantitative estimate of drug-likeness (QED) is 0.798. The molecule has 3 nitrogen and oxygen atoms in total. The fourth-order valence-corrected chi connectivity index (χ4v) is 2.42. The van der Waals surface area contributed by atoms with E-state index in [-0.39, 0.29) is 5.91 Å². The van der Waals surface area contributed by atoms with Gasteiger partial charge in [-0.25, -0.2) is 0 Å². The molecule has 0 spiro atoms. The van der Waals surface area contributed by atoms with Crippen molar-refractivity contribution in [3.8, 4) is 0 Å². The summed E-state index contributed by atoms with van der Waals surface area (Å²) < 4.78 is 0. The molecule has 21 heavy (non-hydrogen) atoms. The molecule has 3 rings (SSSR count). The molecular weight excluding hydrogens is 284 g/mol. The number of carbonyl (C=O) groups excluding carboxylic acids is 1. The first kappa shape index (κ1) is 13.6. The molecule has 0 fully saturated rings. The summed E-state index contributed by atoms with van der Waals surface area (Å²) >= 11 is 6.09. The van der Waals surface area contributed by atoms with E-state index in [2.05, 4.69) is 10.3 Å². The highest BCUT2D eigenvalue weighted by molar-refractivity contribution is 6.31. The van der Waals surface area contributed by atoms with E-state index in [1.165, 1.54) is 0 Å². The highest BCUT2D eigenvalue weighted by Crippen LogP contribution is 2.17. The maximum absolute atomic E-state index is 12.4. The van der Waals surface area contributed by atoms with E-state index >= 15 is 0 Å². The Labute approximate surface area is 127 Å². The largest absolute Gasteiger partial charge is 0.348 e. The number of hydrogen-bond donors (Lipinski definition) is 1. The Hall–Kier alpha value is -2.39. The molecule has 0 aliphatic rings. The van der Waals surface area contributed by atoms with Crippen molar-refractivity contribution in [3.63, 3.8) is 0 Å². The minimum Gasteiger partial charge on any atom is -0.348 e. The van der Waals surface area contributed by atoms with Crippen LogP contribution in [0.3, 0.4) is 0 Å². The Morgan fingerprint density at radius 1 is 1.05 bits per heavy atom. The lowest BCUT2D eigenvalue weighted by Gasteiger charge is -2.08. The summed E-state index contributed by atoms with van der Waals surface area (Å²) in [6.45, 7) is 0.398. The third-order valence-corrected chi connectivity index (χ3v) is 3.66. The topological polar surface area (TPSA) is 42.0 Å². The number of halogens is 1. The van der Waals surface area contributed by atoms with Crippen LogP contribution in [0.25, 0.3) is 10.9 Å². The fourth-order valence-electron chi connectivity index (χ4n) is 2.21. The third-order valence-electron chi connectivity index (χ3n) is 3.29. The molecule has 0 saturated heterocycles. The van der Waals surface area contributed by atoms with Gasteiger partial charge < -0.3 is 5.32 Å². The lowest BCUT2D eigenvalue weighted by Crippen LogP contribution is -2.23.